The van der Waals surface area contributed by atoms with Crippen molar-refractivity contribution in [2.24, 2.45) is 0 Å². The van der Waals surface area contributed by atoms with Crippen molar-refractivity contribution in [1.82, 2.24) is 4.90 Å². The molecule has 0 N–H and O–H groups in total. The molecule has 180 valence electrons. The summed E-state index contributed by atoms with van der Waals surface area (Å²) in [5.41, 5.74) is 4.36. The third-order valence-electron chi connectivity index (χ3n) is 6.67. The van der Waals surface area contributed by atoms with E-state index in [1.165, 1.54) is 11.6 Å². The molecule has 2 aliphatic rings. The average Bonchev–Trinajstić information content (AvgIpc) is 3.18. The summed E-state index contributed by atoms with van der Waals surface area (Å²) in [6.45, 7) is 5.24. The number of rotatable bonds is 4. The van der Waals surface area contributed by atoms with Crippen LogP contribution < -0.4 is 4.90 Å². The van der Waals surface area contributed by atoms with Gasteiger partial charge in [-0.05, 0) is 41.8 Å². The molecule has 0 radical (unpaired) electrons. The monoisotopic (exact) mass is 474 g/mol. The van der Waals surface area contributed by atoms with Crippen molar-refractivity contribution in [3.63, 3.8) is 0 Å². The maximum Gasteiger partial charge on any atom is 0.415 e. The van der Waals surface area contributed by atoms with Crippen LogP contribution in [0.5, 0.6) is 0 Å². The highest BCUT2D eigenvalue weighted by Crippen LogP contribution is 2.36. The number of likely N-dealkylation sites (tertiary alicyclic amines) is 1. The third kappa shape index (κ3) is 5.48. The molecule has 3 aromatic carbocycles. The Kier molecular flexibility index (Phi) is 7.39. The van der Waals surface area contributed by atoms with E-state index >= 15 is 0 Å². The van der Waals surface area contributed by atoms with Gasteiger partial charge in [-0.2, -0.15) is 9.59 Å². The Labute approximate surface area is 203 Å². The van der Waals surface area contributed by atoms with Crippen LogP contribution in [-0.4, -0.2) is 42.4 Å². The lowest BCUT2D eigenvalue weighted by Gasteiger charge is -2.37. The molecule has 7 heteroatoms. The molecule has 2 saturated heterocycles. The number of nitrogens with zero attached hydrogens (tertiary/aromatic N) is 2. The summed E-state index contributed by atoms with van der Waals surface area (Å²) in [5.74, 6) is -0.194. The highest BCUT2D eigenvalue weighted by molar-refractivity contribution is 5.90. The molecule has 1 amide bonds. The molecule has 0 aliphatic carbocycles. The Hall–Kier alpha value is -3.80. The molecule has 0 unspecified atom stereocenters. The molecule has 0 aromatic heterocycles. The van der Waals surface area contributed by atoms with Crippen LogP contribution in [-0.2, 0) is 20.9 Å². The molecule has 2 aliphatic heterocycles. The number of amides is 1. The van der Waals surface area contributed by atoms with Crippen LogP contribution in [0.2, 0.25) is 0 Å². The van der Waals surface area contributed by atoms with E-state index in [4.69, 9.17) is 14.3 Å². The number of para-hydroxylation sites is 1. The van der Waals surface area contributed by atoms with E-state index < -0.39 is 5.60 Å². The van der Waals surface area contributed by atoms with Crippen molar-refractivity contribution in [3.05, 3.63) is 89.7 Å². The number of ether oxygens (including phenoxy) is 1. The Morgan fingerprint density at radius 2 is 1.60 bits per heavy atom. The topological polar surface area (TPSA) is 66.9 Å². The van der Waals surface area contributed by atoms with Crippen LogP contribution in [0, 0.1) is 12.7 Å². The van der Waals surface area contributed by atoms with Crippen LogP contribution in [0.3, 0.4) is 0 Å². The van der Waals surface area contributed by atoms with Gasteiger partial charge >= 0.3 is 12.2 Å². The molecule has 3 aromatic rings. The van der Waals surface area contributed by atoms with Crippen molar-refractivity contribution in [1.29, 1.82) is 0 Å². The number of aryl methyl sites for hydroxylation is 1. The second kappa shape index (κ2) is 10.6. The van der Waals surface area contributed by atoms with Crippen molar-refractivity contribution in [2.45, 2.75) is 31.9 Å². The highest BCUT2D eigenvalue weighted by atomic mass is 19.1. The fourth-order valence-electron chi connectivity index (χ4n) is 4.87. The van der Waals surface area contributed by atoms with Gasteiger partial charge in [-0.1, -0.05) is 54.6 Å². The number of piperidine rings is 1. The molecule has 2 heterocycles. The fourth-order valence-corrected chi connectivity index (χ4v) is 4.87. The number of hydrogen-bond acceptors (Lipinski definition) is 5. The van der Waals surface area contributed by atoms with Gasteiger partial charge in [-0.3, -0.25) is 9.80 Å². The van der Waals surface area contributed by atoms with Gasteiger partial charge in [0.2, 0.25) is 0 Å². The normalized spacial score (nSPS) is 16.9. The Morgan fingerprint density at radius 3 is 2.26 bits per heavy atom. The first kappa shape index (κ1) is 24.3. The minimum Gasteiger partial charge on any atom is -0.441 e. The predicted octanol–water partition coefficient (Wildman–Crippen LogP) is 5.21. The zero-order valence-corrected chi connectivity index (χ0v) is 19.6. The first-order chi connectivity index (χ1) is 16.9. The summed E-state index contributed by atoms with van der Waals surface area (Å²) in [5, 5.41) is 0. The molecule has 1 spiro atoms. The highest BCUT2D eigenvalue weighted by Gasteiger charge is 2.47. The molecule has 0 bridgehead atoms. The van der Waals surface area contributed by atoms with Crippen LogP contribution in [0.15, 0.2) is 72.8 Å². The fraction of sp³-hybridized carbons (Fsp3) is 0.286. The summed E-state index contributed by atoms with van der Waals surface area (Å²) in [4.78, 5) is 32.9. The Morgan fingerprint density at radius 1 is 0.943 bits per heavy atom. The summed E-state index contributed by atoms with van der Waals surface area (Å²) in [7, 11) is 0. The molecule has 6 nitrogen and oxygen atoms in total. The lowest BCUT2D eigenvalue weighted by molar-refractivity contribution is -0.191. The zero-order valence-electron chi connectivity index (χ0n) is 19.6. The minimum absolute atomic E-state index is 0.194. The molecular weight excluding hydrogens is 447 g/mol. The van der Waals surface area contributed by atoms with Gasteiger partial charge < -0.3 is 4.74 Å². The van der Waals surface area contributed by atoms with Crippen molar-refractivity contribution >= 4 is 17.9 Å². The van der Waals surface area contributed by atoms with Crippen molar-refractivity contribution in [3.8, 4) is 11.1 Å². The molecule has 5 rings (SSSR count). The van der Waals surface area contributed by atoms with E-state index in [-0.39, 0.29) is 18.1 Å². The van der Waals surface area contributed by atoms with Gasteiger partial charge in [-0.25, -0.2) is 9.18 Å². The van der Waals surface area contributed by atoms with Crippen LogP contribution >= 0.6 is 0 Å². The number of anilines is 1. The SMILES string of the molecule is Cc1cc(CN2CCC3(CC2)CN(c2ccccc2)C(=O)O3)ccc1-c1ccccc1F.O=C=O. The van der Waals surface area contributed by atoms with Gasteiger partial charge in [0.25, 0.3) is 0 Å². The minimum atomic E-state index is -0.395. The summed E-state index contributed by atoms with van der Waals surface area (Å²) in [6, 6.07) is 22.9. The third-order valence-corrected chi connectivity index (χ3v) is 6.67. The molecule has 2 fully saturated rings. The standard InChI is InChI=1S/C27H27FN2O2.CO2/c1-20-17-21(11-12-23(20)24-9-5-6-10-25(24)28)18-29-15-13-27(14-16-29)19-30(26(31)32-27)22-7-3-2-4-8-22;2-1-3/h2-12,17H,13-16,18-19H2,1H3;. The first-order valence-electron chi connectivity index (χ1n) is 11.6. The lowest BCUT2D eigenvalue weighted by atomic mass is 9.90. The summed E-state index contributed by atoms with van der Waals surface area (Å²) < 4.78 is 20.1. The second-order valence-corrected chi connectivity index (χ2v) is 8.96. The van der Waals surface area contributed by atoms with E-state index in [1.54, 1.807) is 11.0 Å². The van der Waals surface area contributed by atoms with E-state index in [2.05, 4.69) is 17.0 Å². The largest absolute Gasteiger partial charge is 0.441 e. The van der Waals surface area contributed by atoms with Crippen molar-refractivity contribution in [2.75, 3.05) is 24.5 Å². The number of benzene rings is 3. The van der Waals surface area contributed by atoms with Crippen LogP contribution in [0.4, 0.5) is 14.9 Å². The number of halogens is 1. The van der Waals surface area contributed by atoms with Crippen LogP contribution in [0.1, 0.15) is 24.0 Å². The molecule has 0 atom stereocenters. The average molecular weight is 475 g/mol. The number of carbonyl (C=O) groups excluding carboxylic acids is 3. The summed E-state index contributed by atoms with van der Waals surface area (Å²) in [6.07, 6.45) is 1.66. The lowest BCUT2D eigenvalue weighted by Crippen LogP contribution is -2.46. The number of hydrogen-bond donors (Lipinski definition) is 0. The van der Waals surface area contributed by atoms with Crippen molar-refractivity contribution < 1.29 is 23.5 Å². The van der Waals surface area contributed by atoms with Gasteiger partial charge in [0.1, 0.15) is 11.4 Å². The second-order valence-electron chi connectivity index (χ2n) is 8.96. The first-order valence-corrected chi connectivity index (χ1v) is 11.6. The van der Waals surface area contributed by atoms with Crippen LogP contribution in [0.25, 0.3) is 11.1 Å². The van der Waals surface area contributed by atoms with Gasteiger partial charge in [0.15, 0.2) is 0 Å². The molecule has 35 heavy (non-hydrogen) atoms. The Bertz CT molecular complexity index is 1220. The smallest absolute Gasteiger partial charge is 0.415 e. The van der Waals surface area contributed by atoms with E-state index in [0.717, 1.165) is 49.3 Å². The van der Waals surface area contributed by atoms with E-state index in [1.807, 2.05) is 55.5 Å². The van der Waals surface area contributed by atoms with Gasteiger partial charge in [0, 0.05) is 43.7 Å². The molecular formula is C28H27FN2O4. The van der Waals surface area contributed by atoms with Gasteiger partial charge in [-0.15, -0.1) is 0 Å². The maximum absolute atomic E-state index is 14.2. The summed E-state index contributed by atoms with van der Waals surface area (Å²) >= 11 is 0. The maximum atomic E-state index is 14.2. The quantitative estimate of drug-likeness (QED) is 0.519. The van der Waals surface area contributed by atoms with Gasteiger partial charge in [0.05, 0.1) is 6.54 Å². The Balaban J connectivity index is 0.000000917. The van der Waals surface area contributed by atoms with E-state index in [9.17, 15) is 9.18 Å². The van der Waals surface area contributed by atoms with E-state index in [0.29, 0.717) is 12.1 Å². The zero-order chi connectivity index (χ0) is 24.8. The molecule has 0 saturated carbocycles. The number of carbonyl (C=O) groups is 1. The predicted molar refractivity (Wildman–Crippen MR) is 129 cm³/mol.